The fourth-order valence-electron chi connectivity index (χ4n) is 1.46. The van der Waals surface area contributed by atoms with E-state index in [0.717, 1.165) is 12.8 Å². The van der Waals surface area contributed by atoms with Crippen LogP contribution < -0.4 is 10.6 Å². The van der Waals surface area contributed by atoms with E-state index in [1.54, 1.807) is 6.92 Å². The number of nitrogens with one attached hydrogen (secondary N) is 2. The fraction of sp³-hybridized carbons (Fsp3) is 0.857. The van der Waals surface area contributed by atoms with E-state index in [9.17, 15) is 9.59 Å². The number of rotatable bonds is 8. The van der Waals surface area contributed by atoms with E-state index in [1.807, 2.05) is 6.92 Å². The number of carbonyl (C=O) groups is 2. The Balaban J connectivity index is 3.89. The number of hydrogen-bond donors (Lipinski definition) is 2. The van der Waals surface area contributed by atoms with Crippen molar-refractivity contribution in [2.24, 2.45) is 11.8 Å². The van der Waals surface area contributed by atoms with Crippen LogP contribution in [0.4, 0.5) is 0 Å². The second kappa shape index (κ2) is 8.95. The maximum Gasteiger partial charge on any atom is 0.242 e. The summed E-state index contributed by atoms with van der Waals surface area (Å²) in [6.45, 7) is 10.7. The minimum atomic E-state index is -0.450. The topological polar surface area (TPSA) is 58.2 Å². The highest BCUT2D eigenvalue weighted by atomic mass is 16.2. The zero-order valence-electron chi connectivity index (χ0n) is 12.4. The Kier molecular flexibility index (Phi) is 8.42. The van der Waals surface area contributed by atoms with Crippen LogP contribution in [0.25, 0.3) is 0 Å². The summed E-state index contributed by atoms with van der Waals surface area (Å²) < 4.78 is 0. The Labute approximate surface area is 111 Å². The van der Waals surface area contributed by atoms with E-state index >= 15 is 0 Å². The van der Waals surface area contributed by atoms with E-state index in [0.29, 0.717) is 24.8 Å². The van der Waals surface area contributed by atoms with Crippen molar-refractivity contribution in [3.8, 4) is 0 Å². The zero-order valence-corrected chi connectivity index (χ0v) is 12.4. The molecule has 0 aromatic rings. The largest absolute Gasteiger partial charge is 0.354 e. The molecule has 0 fully saturated rings. The lowest BCUT2D eigenvalue weighted by atomic mass is 10.0. The molecule has 4 nitrogen and oxygen atoms in total. The monoisotopic (exact) mass is 256 g/mol. The molecule has 0 aliphatic rings. The van der Waals surface area contributed by atoms with E-state index in [-0.39, 0.29) is 11.8 Å². The van der Waals surface area contributed by atoms with Crippen molar-refractivity contribution >= 4 is 11.8 Å². The van der Waals surface area contributed by atoms with Gasteiger partial charge in [0.2, 0.25) is 11.8 Å². The Morgan fingerprint density at radius 3 is 2.22 bits per heavy atom. The number of hydrogen-bond acceptors (Lipinski definition) is 2. The number of amides is 2. The van der Waals surface area contributed by atoms with Gasteiger partial charge in [0.1, 0.15) is 6.04 Å². The van der Waals surface area contributed by atoms with Crippen molar-refractivity contribution in [2.75, 3.05) is 6.54 Å². The van der Waals surface area contributed by atoms with E-state index in [2.05, 4.69) is 31.4 Å². The van der Waals surface area contributed by atoms with Gasteiger partial charge in [0.15, 0.2) is 0 Å². The van der Waals surface area contributed by atoms with Gasteiger partial charge in [0, 0.05) is 13.0 Å². The first-order valence-corrected chi connectivity index (χ1v) is 6.93. The minimum Gasteiger partial charge on any atom is -0.354 e. The lowest BCUT2D eigenvalue weighted by molar-refractivity contribution is -0.129. The van der Waals surface area contributed by atoms with Crippen molar-refractivity contribution in [3.05, 3.63) is 0 Å². The highest BCUT2D eigenvalue weighted by Gasteiger charge is 2.16. The molecule has 0 saturated heterocycles. The second-order valence-corrected chi connectivity index (χ2v) is 5.48. The van der Waals surface area contributed by atoms with Gasteiger partial charge in [-0.3, -0.25) is 9.59 Å². The van der Waals surface area contributed by atoms with Gasteiger partial charge in [0.25, 0.3) is 0 Å². The average molecular weight is 256 g/mol. The summed E-state index contributed by atoms with van der Waals surface area (Å²) in [4.78, 5) is 23.3. The zero-order chi connectivity index (χ0) is 14.1. The summed E-state index contributed by atoms with van der Waals surface area (Å²) in [5.41, 5.74) is 0. The maximum absolute atomic E-state index is 11.7. The summed E-state index contributed by atoms with van der Waals surface area (Å²) in [6.07, 6.45) is 2.42. The van der Waals surface area contributed by atoms with Crippen molar-refractivity contribution in [1.29, 1.82) is 0 Å². The molecule has 2 amide bonds. The minimum absolute atomic E-state index is 0.0455. The molecule has 0 heterocycles. The summed E-state index contributed by atoms with van der Waals surface area (Å²) in [5, 5.41) is 5.56. The Bertz CT molecular complexity index is 265. The van der Waals surface area contributed by atoms with Crippen LogP contribution in [0.1, 0.15) is 53.9 Å². The maximum atomic E-state index is 11.7. The molecule has 0 saturated carbocycles. The van der Waals surface area contributed by atoms with Crippen LogP contribution in [0, 0.1) is 11.8 Å². The third kappa shape index (κ3) is 8.09. The molecule has 0 aromatic carbocycles. The smallest absolute Gasteiger partial charge is 0.242 e. The van der Waals surface area contributed by atoms with Crippen LogP contribution in [0.2, 0.25) is 0 Å². The first-order chi connectivity index (χ1) is 8.36. The lowest BCUT2D eigenvalue weighted by Gasteiger charge is -2.16. The van der Waals surface area contributed by atoms with Gasteiger partial charge in [-0.05, 0) is 25.2 Å². The molecule has 4 heteroatoms. The average Bonchev–Trinajstić information content (AvgIpc) is 2.27. The molecule has 2 unspecified atom stereocenters. The predicted molar refractivity (Wildman–Crippen MR) is 74.1 cm³/mol. The highest BCUT2D eigenvalue weighted by Crippen LogP contribution is 2.05. The third-order valence-electron chi connectivity index (χ3n) is 3.02. The van der Waals surface area contributed by atoms with Crippen LogP contribution >= 0.6 is 0 Å². The van der Waals surface area contributed by atoms with Crippen molar-refractivity contribution in [2.45, 2.75) is 59.9 Å². The van der Waals surface area contributed by atoms with E-state index in [4.69, 9.17) is 0 Å². The Hall–Kier alpha value is -1.06. The van der Waals surface area contributed by atoms with Crippen LogP contribution in [0.5, 0.6) is 0 Å². The third-order valence-corrected chi connectivity index (χ3v) is 3.02. The molecule has 2 atom stereocenters. The molecule has 0 rings (SSSR count). The van der Waals surface area contributed by atoms with Gasteiger partial charge in [-0.1, -0.05) is 34.1 Å². The second-order valence-electron chi connectivity index (χ2n) is 5.48. The molecule has 0 aliphatic carbocycles. The first-order valence-electron chi connectivity index (χ1n) is 6.93. The van der Waals surface area contributed by atoms with Gasteiger partial charge in [-0.25, -0.2) is 0 Å². The van der Waals surface area contributed by atoms with Gasteiger partial charge in [-0.15, -0.1) is 0 Å². The molecule has 0 spiro atoms. The first kappa shape index (κ1) is 16.9. The number of carbonyl (C=O) groups excluding carboxylic acids is 2. The SMILES string of the molecule is CCC(C)CC(=O)NC(C)C(=O)NCCC(C)C. The van der Waals surface area contributed by atoms with Gasteiger partial charge < -0.3 is 10.6 Å². The summed E-state index contributed by atoms with van der Waals surface area (Å²) in [6, 6.07) is -0.450. The van der Waals surface area contributed by atoms with Crippen LogP contribution in [-0.2, 0) is 9.59 Å². The van der Waals surface area contributed by atoms with Crippen molar-refractivity contribution in [3.63, 3.8) is 0 Å². The molecule has 0 aliphatic heterocycles. The van der Waals surface area contributed by atoms with E-state index < -0.39 is 6.04 Å². The van der Waals surface area contributed by atoms with Gasteiger partial charge >= 0.3 is 0 Å². The summed E-state index contributed by atoms with van der Waals surface area (Å²) in [5.74, 6) is 0.783. The molecule has 2 N–H and O–H groups in total. The molecular formula is C14H28N2O2. The van der Waals surface area contributed by atoms with Gasteiger partial charge in [0.05, 0.1) is 0 Å². The summed E-state index contributed by atoms with van der Waals surface area (Å²) in [7, 11) is 0. The van der Waals surface area contributed by atoms with Crippen LogP contribution in [0.15, 0.2) is 0 Å². The highest BCUT2D eigenvalue weighted by molar-refractivity contribution is 5.87. The summed E-state index contributed by atoms with van der Waals surface area (Å²) >= 11 is 0. The van der Waals surface area contributed by atoms with Gasteiger partial charge in [-0.2, -0.15) is 0 Å². The Morgan fingerprint density at radius 1 is 1.11 bits per heavy atom. The van der Waals surface area contributed by atoms with Crippen LogP contribution in [0.3, 0.4) is 0 Å². The Morgan fingerprint density at radius 2 is 1.72 bits per heavy atom. The molecule has 0 bridgehead atoms. The molecule has 106 valence electrons. The normalized spacial score (nSPS) is 14.1. The molecule has 0 aromatic heterocycles. The predicted octanol–water partition coefficient (Wildman–Crippen LogP) is 2.09. The lowest BCUT2D eigenvalue weighted by Crippen LogP contribution is -2.45. The van der Waals surface area contributed by atoms with Crippen molar-refractivity contribution in [1.82, 2.24) is 10.6 Å². The quantitative estimate of drug-likeness (QED) is 0.698. The van der Waals surface area contributed by atoms with Crippen LogP contribution in [-0.4, -0.2) is 24.4 Å². The fourth-order valence-corrected chi connectivity index (χ4v) is 1.46. The molecule has 0 radical (unpaired) electrons. The van der Waals surface area contributed by atoms with Crippen molar-refractivity contribution < 1.29 is 9.59 Å². The molecular weight excluding hydrogens is 228 g/mol. The molecule has 18 heavy (non-hydrogen) atoms. The van der Waals surface area contributed by atoms with E-state index in [1.165, 1.54) is 0 Å². The standard InChI is InChI=1S/C14H28N2O2/c1-6-11(4)9-13(17)16-12(5)14(18)15-8-7-10(2)3/h10-12H,6-9H2,1-5H3,(H,15,18)(H,16,17).